The Morgan fingerprint density at radius 2 is 2.20 bits per heavy atom. The van der Waals surface area contributed by atoms with Gasteiger partial charge in [0.05, 0.1) is 10.5 Å². The number of hydrogen-bond acceptors (Lipinski definition) is 2. The van der Waals surface area contributed by atoms with E-state index in [9.17, 15) is 4.39 Å². The van der Waals surface area contributed by atoms with Gasteiger partial charge < -0.3 is 5.32 Å². The van der Waals surface area contributed by atoms with E-state index in [-0.39, 0.29) is 11.9 Å². The van der Waals surface area contributed by atoms with E-state index in [0.717, 1.165) is 12.1 Å². The van der Waals surface area contributed by atoms with Gasteiger partial charge in [-0.05, 0) is 71.1 Å². The summed E-state index contributed by atoms with van der Waals surface area (Å²) in [5.74, 6) is -0.210. The number of nitrogens with one attached hydrogen (secondary N) is 1. The third kappa shape index (κ3) is 2.69. The summed E-state index contributed by atoms with van der Waals surface area (Å²) in [4.78, 5) is 2.87. The van der Waals surface area contributed by atoms with Crippen molar-refractivity contribution in [2.75, 3.05) is 6.54 Å². The third-order valence-corrected chi connectivity index (χ3v) is 5.65. The number of aryl methyl sites for hydroxylation is 2. The number of rotatable bonds is 4. The summed E-state index contributed by atoms with van der Waals surface area (Å²) in [6.45, 7) is 3.00. The standard InChI is InChI=1S/C16H17BrFNS/c1-2-19-16(11-6-7-13(18)12(17)8-11)15-9-10-4-3-5-14(10)20-15/h6-9,16,19H,2-5H2,1H3. The van der Waals surface area contributed by atoms with Crippen molar-refractivity contribution in [3.05, 3.63) is 55.4 Å². The summed E-state index contributed by atoms with van der Waals surface area (Å²) in [5.41, 5.74) is 2.62. The lowest BCUT2D eigenvalue weighted by atomic mass is 10.0. The summed E-state index contributed by atoms with van der Waals surface area (Å²) in [5, 5.41) is 3.52. The largest absolute Gasteiger partial charge is 0.306 e. The van der Waals surface area contributed by atoms with Crippen LogP contribution in [0.1, 0.15) is 40.3 Å². The molecular weight excluding hydrogens is 337 g/mol. The molecule has 0 saturated heterocycles. The Kier molecular flexibility index (Phi) is 4.24. The third-order valence-electron chi connectivity index (χ3n) is 3.74. The number of benzene rings is 1. The summed E-state index contributed by atoms with van der Waals surface area (Å²) >= 11 is 5.19. The van der Waals surface area contributed by atoms with Crippen molar-refractivity contribution in [1.29, 1.82) is 0 Å². The van der Waals surface area contributed by atoms with Gasteiger partial charge in [0.25, 0.3) is 0 Å². The second kappa shape index (κ2) is 5.96. The molecule has 0 radical (unpaired) electrons. The van der Waals surface area contributed by atoms with Gasteiger partial charge in [-0.15, -0.1) is 11.3 Å². The lowest BCUT2D eigenvalue weighted by molar-refractivity contribution is 0.611. The Labute approximate surface area is 131 Å². The van der Waals surface area contributed by atoms with E-state index in [1.807, 2.05) is 23.5 Å². The first-order valence-corrected chi connectivity index (χ1v) is 8.59. The minimum atomic E-state index is -0.210. The molecule has 1 aromatic heterocycles. The first kappa shape index (κ1) is 14.2. The van der Waals surface area contributed by atoms with Crippen molar-refractivity contribution in [1.82, 2.24) is 5.32 Å². The maximum atomic E-state index is 13.4. The normalized spacial score (nSPS) is 15.3. The number of thiophene rings is 1. The molecule has 4 heteroatoms. The fraction of sp³-hybridized carbons (Fsp3) is 0.375. The zero-order chi connectivity index (χ0) is 14.1. The Balaban J connectivity index is 1.96. The minimum Gasteiger partial charge on any atom is -0.306 e. The Bertz CT molecular complexity index is 601. The molecule has 0 spiro atoms. The van der Waals surface area contributed by atoms with Gasteiger partial charge in [0, 0.05) is 9.75 Å². The maximum Gasteiger partial charge on any atom is 0.137 e. The van der Waals surface area contributed by atoms with Crippen molar-refractivity contribution < 1.29 is 4.39 Å². The molecule has 1 nitrogen and oxygen atoms in total. The van der Waals surface area contributed by atoms with Gasteiger partial charge in [0.2, 0.25) is 0 Å². The minimum absolute atomic E-state index is 0.160. The highest BCUT2D eigenvalue weighted by Gasteiger charge is 2.21. The van der Waals surface area contributed by atoms with Crippen molar-refractivity contribution in [2.45, 2.75) is 32.2 Å². The summed E-state index contributed by atoms with van der Waals surface area (Å²) in [6, 6.07) is 7.78. The van der Waals surface area contributed by atoms with Crippen molar-refractivity contribution in [3.8, 4) is 0 Å². The van der Waals surface area contributed by atoms with Gasteiger partial charge in [-0.3, -0.25) is 0 Å². The van der Waals surface area contributed by atoms with Gasteiger partial charge in [-0.1, -0.05) is 13.0 Å². The quantitative estimate of drug-likeness (QED) is 0.829. The highest BCUT2D eigenvalue weighted by molar-refractivity contribution is 9.10. The molecule has 1 atom stereocenters. The molecule has 0 bridgehead atoms. The molecule has 0 saturated carbocycles. The summed E-state index contributed by atoms with van der Waals surface area (Å²) in [7, 11) is 0. The molecule has 0 aliphatic heterocycles. The zero-order valence-corrected chi connectivity index (χ0v) is 13.8. The fourth-order valence-electron chi connectivity index (χ4n) is 2.77. The van der Waals surface area contributed by atoms with Crippen LogP contribution in [0.25, 0.3) is 0 Å². The van der Waals surface area contributed by atoms with Crippen LogP contribution in [0.5, 0.6) is 0 Å². The average molecular weight is 354 g/mol. The van der Waals surface area contributed by atoms with E-state index < -0.39 is 0 Å². The second-order valence-corrected chi connectivity index (χ2v) is 7.14. The van der Waals surface area contributed by atoms with Crippen LogP contribution in [0.4, 0.5) is 4.39 Å². The molecule has 20 heavy (non-hydrogen) atoms. The fourth-order valence-corrected chi connectivity index (χ4v) is 4.53. The number of halogens is 2. The number of fused-ring (bicyclic) bond motifs is 1. The van der Waals surface area contributed by atoms with Crippen LogP contribution in [-0.4, -0.2) is 6.54 Å². The van der Waals surface area contributed by atoms with Crippen LogP contribution in [-0.2, 0) is 12.8 Å². The van der Waals surface area contributed by atoms with E-state index in [4.69, 9.17) is 0 Å². The molecule has 1 aliphatic carbocycles. The summed E-state index contributed by atoms with van der Waals surface area (Å²) < 4.78 is 13.9. The van der Waals surface area contributed by atoms with Gasteiger partial charge in [-0.2, -0.15) is 0 Å². The van der Waals surface area contributed by atoms with Crippen LogP contribution in [0, 0.1) is 5.82 Å². The van der Waals surface area contributed by atoms with Crippen molar-refractivity contribution in [3.63, 3.8) is 0 Å². The van der Waals surface area contributed by atoms with Crippen LogP contribution in [0.15, 0.2) is 28.7 Å². The maximum absolute atomic E-state index is 13.4. The molecule has 1 unspecified atom stereocenters. The van der Waals surface area contributed by atoms with E-state index in [1.54, 1.807) is 0 Å². The average Bonchev–Trinajstić information content (AvgIpc) is 3.00. The van der Waals surface area contributed by atoms with Crippen molar-refractivity contribution >= 4 is 27.3 Å². The Morgan fingerprint density at radius 1 is 1.35 bits per heavy atom. The highest BCUT2D eigenvalue weighted by atomic mass is 79.9. The first-order chi connectivity index (χ1) is 9.69. The molecule has 1 aliphatic rings. The van der Waals surface area contributed by atoms with E-state index in [1.165, 1.54) is 40.6 Å². The predicted octanol–water partition coefficient (Wildman–Crippen LogP) is 4.84. The lowest BCUT2D eigenvalue weighted by Gasteiger charge is -2.17. The van der Waals surface area contributed by atoms with E-state index >= 15 is 0 Å². The van der Waals surface area contributed by atoms with Gasteiger partial charge in [-0.25, -0.2) is 4.39 Å². The van der Waals surface area contributed by atoms with E-state index in [0.29, 0.717) is 4.47 Å². The highest BCUT2D eigenvalue weighted by Crippen LogP contribution is 2.36. The summed E-state index contributed by atoms with van der Waals surface area (Å²) in [6.07, 6.45) is 3.71. The van der Waals surface area contributed by atoms with Gasteiger partial charge in [0.1, 0.15) is 5.82 Å². The topological polar surface area (TPSA) is 12.0 Å². The molecule has 2 aromatic rings. The predicted molar refractivity (Wildman–Crippen MR) is 86.0 cm³/mol. The SMILES string of the molecule is CCNC(c1ccc(F)c(Br)c1)c1cc2c(s1)CCC2. The molecular formula is C16H17BrFNS. The molecule has 0 fully saturated rings. The van der Waals surface area contributed by atoms with Crippen LogP contribution < -0.4 is 5.32 Å². The van der Waals surface area contributed by atoms with Gasteiger partial charge >= 0.3 is 0 Å². The van der Waals surface area contributed by atoms with E-state index in [2.05, 4.69) is 34.2 Å². The van der Waals surface area contributed by atoms with Crippen LogP contribution in [0.3, 0.4) is 0 Å². The lowest BCUT2D eigenvalue weighted by Crippen LogP contribution is -2.21. The molecule has 1 aromatic carbocycles. The van der Waals surface area contributed by atoms with Crippen LogP contribution in [0.2, 0.25) is 0 Å². The smallest absolute Gasteiger partial charge is 0.137 e. The van der Waals surface area contributed by atoms with Gasteiger partial charge in [0.15, 0.2) is 0 Å². The molecule has 3 rings (SSSR count). The molecule has 0 amide bonds. The Hall–Kier alpha value is -0.710. The van der Waals surface area contributed by atoms with Crippen molar-refractivity contribution in [2.24, 2.45) is 0 Å². The zero-order valence-electron chi connectivity index (χ0n) is 11.4. The molecule has 1 N–H and O–H groups in total. The first-order valence-electron chi connectivity index (χ1n) is 6.99. The second-order valence-electron chi connectivity index (χ2n) is 5.11. The monoisotopic (exact) mass is 353 g/mol. The van der Waals surface area contributed by atoms with Crippen LogP contribution >= 0.6 is 27.3 Å². The number of hydrogen-bond donors (Lipinski definition) is 1. The molecule has 106 valence electrons. The Morgan fingerprint density at radius 3 is 2.90 bits per heavy atom. The molecule has 1 heterocycles.